The molecule has 3 unspecified atom stereocenters. The van der Waals surface area contributed by atoms with Crippen LogP contribution in [-0.4, -0.2) is 61.7 Å². The zero-order valence-corrected chi connectivity index (χ0v) is 21.2. The normalized spacial score (nSPS) is 24.5. The summed E-state index contributed by atoms with van der Waals surface area (Å²) in [4.78, 5) is 9.13. The summed E-state index contributed by atoms with van der Waals surface area (Å²) >= 11 is 19.2. The smallest absolute Gasteiger partial charge is 0.220 e. The van der Waals surface area contributed by atoms with E-state index in [1.54, 1.807) is 48.5 Å². The maximum Gasteiger partial charge on any atom is 0.220 e. The van der Waals surface area contributed by atoms with Crippen LogP contribution in [0.2, 0.25) is 15.1 Å². The Kier molecular flexibility index (Phi) is 8.75. The second kappa shape index (κ2) is 11.6. The zero-order chi connectivity index (χ0) is 25.1. The second-order valence-electron chi connectivity index (χ2n) is 7.79. The lowest BCUT2D eigenvalue weighted by atomic mass is 10.00. The van der Waals surface area contributed by atoms with Gasteiger partial charge in [0.1, 0.15) is 29.9 Å². The SMILES string of the molecule is Nc1nc(COC2C(O)[C@@H](Sc3ccc(Cl)c(Cl)c3)OC(CO)[C@@H]2O)cc(-c2ccc(Cl)cc2)n1. The molecule has 1 fully saturated rings. The Balaban J connectivity index is 1.51. The third-order valence-electron chi connectivity index (χ3n) is 5.33. The minimum absolute atomic E-state index is 0.0467. The van der Waals surface area contributed by atoms with Crippen LogP contribution in [0, 0.1) is 0 Å². The van der Waals surface area contributed by atoms with Crippen LogP contribution in [0.15, 0.2) is 53.4 Å². The van der Waals surface area contributed by atoms with Gasteiger partial charge in [-0.05, 0) is 36.4 Å². The lowest BCUT2D eigenvalue weighted by Gasteiger charge is -2.41. The number of aliphatic hydroxyl groups is 3. The fourth-order valence-electron chi connectivity index (χ4n) is 3.57. The zero-order valence-electron chi connectivity index (χ0n) is 18.1. The van der Waals surface area contributed by atoms with E-state index in [2.05, 4.69) is 9.97 Å². The molecule has 1 saturated heterocycles. The number of halogens is 3. The van der Waals surface area contributed by atoms with Crippen LogP contribution in [0.4, 0.5) is 5.95 Å². The molecule has 0 radical (unpaired) electrons. The van der Waals surface area contributed by atoms with E-state index in [9.17, 15) is 15.3 Å². The molecular formula is C23H22Cl3N3O5S. The average Bonchev–Trinajstić information content (AvgIpc) is 2.83. The predicted octanol–water partition coefficient (Wildman–Crippen LogP) is 3.80. The van der Waals surface area contributed by atoms with Crippen LogP contribution < -0.4 is 5.73 Å². The largest absolute Gasteiger partial charge is 0.394 e. The maximum absolute atomic E-state index is 10.9. The summed E-state index contributed by atoms with van der Waals surface area (Å²) in [6, 6.07) is 13.8. The Morgan fingerprint density at radius 2 is 1.71 bits per heavy atom. The summed E-state index contributed by atoms with van der Waals surface area (Å²) in [6.45, 7) is -0.540. The minimum Gasteiger partial charge on any atom is -0.394 e. The number of anilines is 1. The summed E-state index contributed by atoms with van der Waals surface area (Å²) in [7, 11) is 0. The monoisotopic (exact) mass is 557 g/mol. The summed E-state index contributed by atoms with van der Waals surface area (Å²) in [5.41, 5.74) is 6.84. The standard InChI is InChI=1S/C23H22Cl3N3O5S/c24-12-3-1-11(2-4-12)17-7-13(28-23(27)29-17)10-33-21-19(31)18(9-30)34-22(20(21)32)35-14-5-6-15(25)16(26)8-14/h1-8,18-22,30-32H,9-10H2,(H2,27,28,29)/t18?,19-,20?,21?,22+/m0/s1. The lowest BCUT2D eigenvalue weighted by Crippen LogP contribution is -2.58. The molecule has 1 aliphatic heterocycles. The lowest BCUT2D eigenvalue weighted by molar-refractivity contribution is -0.223. The topological polar surface area (TPSA) is 131 Å². The number of aliphatic hydroxyl groups excluding tert-OH is 3. The molecule has 186 valence electrons. The molecule has 8 nitrogen and oxygen atoms in total. The van der Waals surface area contributed by atoms with E-state index >= 15 is 0 Å². The summed E-state index contributed by atoms with van der Waals surface area (Å²) in [5, 5.41) is 32.7. The third-order valence-corrected chi connectivity index (χ3v) is 7.46. The van der Waals surface area contributed by atoms with Crippen LogP contribution in [0.3, 0.4) is 0 Å². The number of hydrogen-bond acceptors (Lipinski definition) is 9. The van der Waals surface area contributed by atoms with Gasteiger partial charge in [-0.15, -0.1) is 0 Å². The number of nitrogens with zero attached hydrogens (tertiary/aromatic N) is 2. The first-order valence-corrected chi connectivity index (χ1v) is 12.5. The Labute approximate surface area is 221 Å². The average molecular weight is 559 g/mol. The molecule has 5 N–H and O–H groups in total. The van der Waals surface area contributed by atoms with Crippen molar-refractivity contribution in [1.29, 1.82) is 0 Å². The van der Waals surface area contributed by atoms with E-state index in [0.29, 0.717) is 31.4 Å². The quantitative estimate of drug-likeness (QED) is 0.342. The molecular weight excluding hydrogens is 537 g/mol. The summed E-state index contributed by atoms with van der Waals surface area (Å²) in [6.07, 6.45) is -4.56. The molecule has 1 aliphatic rings. The van der Waals surface area contributed by atoms with Gasteiger partial charge in [0.2, 0.25) is 5.95 Å². The summed E-state index contributed by atoms with van der Waals surface area (Å²) in [5.74, 6) is 0.0467. The van der Waals surface area contributed by atoms with E-state index in [0.717, 1.165) is 5.56 Å². The first-order chi connectivity index (χ1) is 16.7. The fourth-order valence-corrected chi connectivity index (χ4v) is 5.16. The highest BCUT2D eigenvalue weighted by atomic mass is 35.5. The van der Waals surface area contributed by atoms with Crippen molar-refractivity contribution in [2.75, 3.05) is 12.3 Å². The Bertz CT molecular complexity index is 1170. The fraction of sp³-hybridized carbons (Fsp3) is 0.304. The van der Waals surface area contributed by atoms with Crippen LogP contribution in [-0.2, 0) is 16.1 Å². The molecule has 2 aromatic carbocycles. The highest BCUT2D eigenvalue weighted by Gasteiger charge is 2.45. The number of nitrogens with two attached hydrogens (primary N) is 1. The number of thioether (sulfide) groups is 1. The molecule has 1 aromatic heterocycles. The van der Waals surface area contributed by atoms with Gasteiger partial charge in [-0.1, -0.05) is 58.7 Å². The number of nitrogen functional groups attached to an aromatic ring is 1. The van der Waals surface area contributed by atoms with Gasteiger partial charge in [-0.2, -0.15) is 0 Å². The van der Waals surface area contributed by atoms with Crippen molar-refractivity contribution in [3.8, 4) is 11.3 Å². The predicted molar refractivity (Wildman–Crippen MR) is 136 cm³/mol. The van der Waals surface area contributed by atoms with Gasteiger partial charge in [0.25, 0.3) is 0 Å². The molecule has 4 rings (SSSR count). The molecule has 2 heterocycles. The molecule has 5 atom stereocenters. The van der Waals surface area contributed by atoms with Crippen molar-refractivity contribution in [2.24, 2.45) is 0 Å². The number of aromatic nitrogens is 2. The Hall–Kier alpha value is -1.66. The van der Waals surface area contributed by atoms with E-state index in [1.165, 1.54) is 11.8 Å². The van der Waals surface area contributed by atoms with Gasteiger partial charge in [0, 0.05) is 15.5 Å². The molecule has 0 amide bonds. The molecule has 3 aromatic rings. The first kappa shape index (κ1) is 26.4. The van der Waals surface area contributed by atoms with Crippen LogP contribution in [0.5, 0.6) is 0 Å². The number of benzene rings is 2. The first-order valence-electron chi connectivity index (χ1n) is 10.5. The van der Waals surface area contributed by atoms with Gasteiger partial charge in [0.15, 0.2) is 0 Å². The molecule has 0 saturated carbocycles. The van der Waals surface area contributed by atoms with Gasteiger partial charge >= 0.3 is 0 Å². The van der Waals surface area contributed by atoms with Crippen molar-refractivity contribution < 1.29 is 24.8 Å². The van der Waals surface area contributed by atoms with E-state index in [1.807, 2.05) is 0 Å². The van der Waals surface area contributed by atoms with Crippen molar-refractivity contribution in [2.45, 2.75) is 41.4 Å². The van der Waals surface area contributed by atoms with Crippen LogP contribution in [0.1, 0.15) is 5.69 Å². The number of ether oxygens (including phenoxy) is 2. The van der Waals surface area contributed by atoms with Crippen LogP contribution >= 0.6 is 46.6 Å². The van der Waals surface area contributed by atoms with Gasteiger partial charge < -0.3 is 30.5 Å². The molecule has 0 spiro atoms. The third kappa shape index (κ3) is 6.37. The van der Waals surface area contributed by atoms with E-state index in [-0.39, 0.29) is 12.6 Å². The van der Waals surface area contributed by atoms with Gasteiger partial charge in [-0.3, -0.25) is 0 Å². The highest BCUT2D eigenvalue weighted by Crippen LogP contribution is 2.37. The van der Waals surface area contributed by atoms with Gasteiger partial charge in [0.05, 0.1) is 34.6 Å². The van der Waals surface area contributed by atoms with E-state index < -0.39 is 36.5 Å². The van der Waals surface area contributed by atoms with E-state index in [4.69, 9.17) is 50.0 Å². The van der Waals surface area contributed by atoms with Crippen LogP contribution in [0.25, 0.3) is 11.3 Å². The Morgan fingerprint density at radius 3 is 2.40 bits per heavy atom. The second-order valence-corrected chi connectivity index (χ2v) is 10.2. The maximum atomic E-state index is 10.9. The molecule has 0 bridgehead atoms. The molecule has 0 aliphatic carbocycles. The molecule has 35 heavy (non-hydrogen) atoms. The van der Waals surface area contributed by atoms with Gasteiger partial charge in [-0.25, -0.2) is 9.97 Å². The van der Waals surface area contributed by atoms with Crippen molar-refractivity contribution in [3.63, 3.8) is 0 Å². The Morgan fingerprint density at radius 1 is 0.971 bits per heavy atom. The number of hydrogen-bond donors (Lipinski definition) is 4. The number of rotatable bonds is 7. The van der Waals surface area contributed by atoms with Crippen molar-refractivity contribution >= 4 is 52.5 Å². The summed E-state index contributed by atoms with van der Waals surface area (Å²) < 4.78 is 11.6. The highest BCUT2D eigenvalue weighted by molar-refractivity contribution is 7.99. The van der Waals surface area contributed by atoms with Crippen molar-refractivity contribution in [3.05, 3.63) is 69.3 Å². The molecule has 12 heteroatoms. The van der Waals surface area contributed by atoms with Crippen molar-refractivity contribution in [1.82, 2.24) is 9.97 Å². The minimum atomic E-state index is -1.28.